The Labute approximate surface area is 169 Å². The lowest BCUT2D eigenvalue weighted by Gasteiger charge is -2.16. The molecule has 0 aromatic heterocycles. The Morgan fingerprint density at radius 3 is 2.48 bits per heavy atom. The third kappa shape index (κ3) is 5.31. The van der Waals surface area contributed by atoms with Gasteiger partial charge in [0.15, 0.2) is 6.61 Å². The van der Waals surface area contributed by atoms with Gasteiger partial charge in [-0.2, -0.15) is 0 Å². The average molecular weight is 399 g/mol. The van der Waals surface area contributed by atoms with Crippen molar-refractivity contribution in [3.8, 4) is 0 Å². The first kappa shape index (κ1) is 21.9. The van der Waals surface area contributed by atoms with Gasteiger partial charge in [-0.15, -0.1) is 0 Å². The van der Waals surface area contributed by atoms with E-state index < -0.39 is 23.4 Å². The quantitative estimate of drug-likeness (QED) is 0.431. The van der Waals surface area contributed by atoms with E-state index in [4.69, 9.17) is 4.74 Å². The van der Waals surface area contributed by atoms with Crippen LogP contribution in [0.4, 0.5) is 17.1 Å². The van der Waals surface area contributed by atoms with Crippen molar-refractivity contribution in [2.75, 3.05) is 30.9 Å². The van der Waals surface area contributed by atoms with Crippen LogP contribution in [0.5, 0.6) is 0 Å². The number of para-hydroxylation sites is 1. The number of hydrogen-bond acceptors (Lipinski definition) is 6. The molecular formula is C21H25N3O5. The number of nitro groups is 1. The van der Waals surface area contributed by atoms with Gasteiger partial charge >= 0.3 is 5.97 Å². The van der Waals surface area contributed by atoms with E-state index in [9.17, 15) is 19.7 Å². The maximum atomic E-state index is 12.3. The smallest absolute Gasteiger partial charge is 0.338 e. The van der Waals surface area contributed by atoms with Gasteiger partial charge in [0.05, 0.1) is 10.5 Å². The second-order valence-electron chi connectivity index (χ2n) is 7.17. The summed E-state index contributed by atoms with van der Waals surface area (Å²) in [6.07, 6.45) is 0. The number of anilines is 2. The van der Waals surface area contributed by atoms with E-state index in [-0.39, 0.29) is 17.2 Å². The van der Waals surface area contributed by atoms with Gasteiger partial charge in [0.25, 0.3) is 11.6 Å². The molecule has 0 spiro atoms. The number of amides is 1. The number of rotatable bonds is 7. The largest absolute Gasteiger partial charge is 0.452 e. The molecule has 8 heteroatoms. The molecule has 0 saturated carbocycles. The molecule has 1 amide bonds. The van der Waals surface area contributed by atoms with Gasteiger partial charge in [0, 0.05) is 25.8 Å². The molecular weight excluding hydrogens is 374 g/mol. The molecule has 0 saturated heterocycles. The molecule has 0 bridgehead atoms. The minimum Gasteiger partial charge on any atom is -0.452 e. The minimum atomic E-state index is -0.803. The molecule has 0 aliphatic heterocycles. The van der Waals surface area contributed by atoms with E-state index in [1.807, 2.05) is 39.0 Å². The fraction of sp³-hybridized carbons (Fsp3) is 0.333. The van der Waals surface area contributed by atoms with E-state index >= 15 is 0 Å². The van der Waals surface area contributed by atoms with Crippen LogP contribution in [0.3, 0.4) is 0 Å². The molecule has 2 aromatic carbocycles. The lowest BCUT2D eigenvalue weighted by Crippen LogP contribution is -2.22. The Balaban J connectivity index is 2.09. The number of ether oxygens (including phenoxy) is 1. The number of aryl methyl sites for hydroxylation is 1. The topological polar surface area (TPSA) is 102 Å². The molecule has 1 N–H and O–H groups in total. The molecule has 154 valence electrons. The van der Waals surface area contributed by atoms with E-state index in [2.05, 4.69) is 5.32 Å². The summed E-state index contributed by atoms with van der Waals surface area (Å²) in [6, 6.07) is 9.79. The van der Waals surface area contributed by atoms with Crippen LogP contribution < -0.4 is 10.2 Å². The highest BCUT2D eigenvalue weighted by Crippen LogP contribution is 2.29. The molecule has 0 radical (unpaired) electrons. The van der Waals surface area contributed by atoms with Gasteiger partial charge in [-0.05, 0) is 36.1 Å². The summed E-state index contributed by atoms with van der Waals surface area (Å²) in [6.45, 7) is 5.44. The van der Waals surface area contributed by atoms with Gasteiger partial charge in [-0.1, -0.05) is 32.0 Å². The molecule has 0 atom stereocenters. The summed E-state index contributed by atoms with van der Waals surface area (Å²) in [4.78, 5) is 36.8. The van der Waals surface area contributed by atoms with Gasteiger partial charge in [-0.3, -0.25) is 14.9 Å². The van der Waals surface area contributed by atoms with Crippen molar-refractivity contribution in [2.45, 2.75) is 26.7 Å². The molecule has 2 aromatic rings. The van der Waals surface area contributed by atoms with Crippen LogP contribution in [0.15, 0.2) is 36.4 Å². The first-order valence-electron chi connectivity index (χ1n) is 9.14. The fourth-order valence-electron chi connectivity index (χ4n) is 2.91. The highest BCUT2D eigenvalue weighted by molar-refractivity contribution is 5.97. The van der Waals surface area contributed by atoms with Crippen LogP contribution in [0.1, 0.15) is 41.3 Å². The first-order chi connectivity index (χ1) is 13.6. The second-order valence-corrected chi connectivity index (χ2v) is 7.17. The van der Waals surface area contributed by atoms with Gasteiger partial charge < -0.3 is 15.0 Å². The van der Waals surface area contributed by atoms with Crippen molar-refractivity contribution < 1.29 is 19.2 Å². The highest BCUT2D eigenvalue weighted by atomic mass is 16.6. The molecule has 0 heterocycles. The Bertz CT molecular complexity index is 938. The Kier molecular flexibility index (Phi) is 6.93. The minimum absolute atomic E-state index is 0.00820. The number of nitrogens with zero attached hydrogens (tertiary/aromatic N) is 2. The first-order valence-corrected chi connectivity index (χ1v) is 9.14. The van der Waals surface area contributed by atoms with Crippen LogP contribution in [-0.2, 0) is 9.53 Å². The van der Waals surface area contributed by atoms with Crippen molar-refractivity contribution in [2.24, 2.45) is 0 Å². The van der Waals surface area contributed by atoms with Gasteiger partial charge in [0.2, 0.25) is 0 Å². The molecule has 0 aliphatic carbocycles. The van der Waals surface area contributed by atoms with E-state index in [1.54, 1.807) is 19.0 Å². The number of nitro benzene ring substituents is 1. The summed E-state index contributed by atoms with van der Waals surface area (Å²) in [5.74, 6) is -1.07. The van der Waals surface area contributed by atoms with E-state index in [0.29, 0.717) is 11.4 Å². The average Bonchev–Trinajstić information content (AvgIpc) is 2.66. The molecule has 0 aliphatic rings. The van der Waals surface area contributed by atoms with E-state index in [1.165, 1.54) is 12.1 Å². The number of nitrogens with one attached hydrogen (secondary N) is 1. The van der Waals surface area contributed by atoms with Crippen LogP contribution in [0.2, 0.25) is 0 Å². The highest BCUT2D eigenvalue weighted by Gasteiger charge is 2.20. The summed E-state index contributed by atoms with van der Waals surface area (Å²) in [5, 5.41) is 14.0. The molecule has 0 unspecified atom stereocenters. The van der Waals surface area contributed by atoms with Crippen LogP contribution >= 0.6 is 0 Å². The third-order valence-electron chi connectivity index (χ3n) is 4.42. The van der Waals surface area contributed by atoms with Crippen LogP contribution in [0.25, 0.3) is 0 Å². The predicted molar refractivity (Wildman–Crippen MR) is 112 cm³/mol. The Morgan fingerprint density at radius 2 is 1.90 bits per heavy atom. The lowest BCUT2D eigenvalue weighted by molar-refractivity contribution is -0.384. The number of benzene rings is 2. The lowest BCUT2D eigenvalue weighted by atomic mass is 9.98. The van der Waals surface area contributed by atoms with E-state index in [0.717, 1.165) is 17.2 Å². The number of esters is 1. The van der Waals surface area contributed by atoms with Crippen molar-refractivity contribution in [1.82, 2.24) is 0 Å². The van der Waals surface area contributed by atoms with Crippen LogP contribution in [-0.4, -0.2) is 37.5 Å². The maximum Gasteiger partial charge on any atom is 0.338 e. The zero-order valence-corrected chi connectivity index (χ0v) is 17.2. The zero-order valence-electron chi connectivity index (χ0n) is 17.2. The summed E-state index contributed by atoms with van der Waals surface area (Å²) < 4.78 is 5.05. The normalized spacial score (nSPS) is 10.6. The van der Waals surface area contributed by atoms with Crippen molar-refractivity contribution in [3.63, 3.8) is 0 Å². The number of carbonyl (C=O) groups is 2. The molecule has 0 fully saturated rings. The molecule has 2 rings (SSSR count). The Morgan fingerprint density at radius 1 is 1.21 bits per heavy atom. The number of hydrogen-bond donors (Lipinski definition) is 1. The fourth-order valence-corrected chi connectivity index (χ4v) is 2.91. The summed E-state index contributed by atoms with van der Waals surface area (Å²) in [5.41, 5.74) is 2.76. The predicted octanol–water partition coefficient (Wildman–Crippen LogP) is 3.89. The molecule has 29 heavy (non-hydrogen) atoms. The second kappa shape index (κ2) is 9.18. The van der Waals surface area contributed by atoms with Crippen LogP contribution in [0, 0.1) is 17.0 Å². The third-order valence-corrected chi connectivity index (χ3v) is 4.42. The number of carbonyl (C=O) groups excluding carboxylic acids is 2. The van der Waals surface area contributed by atoms with Gasteiger partial charge in [0.1, 0.15) is 5.69 Å². The maximum absolute atomic E-state index is 12.3. The van der Waals surface area contributed by atoms with Crippen molar-refractivity contribution in [3.05, 3.63) is 63.2 Å². The van der Waals surface area contributed by atoms with Crippen molar-refractivity contribution in [1.29, 1.82) is 0 Å². The standard InChI is InChI=1S/C21H25N3O5/c1-13(2)16-8-6-7-14(3)20(16)22-19(25)12-29-21(26)15-9-10-17(23(4)5)18(11-15)24(27)28/h6-11,13H,12H2,1-5H3,(H,22,25). The monoisotopic (exact) mass is 399 g/mol. The van der Waals surface area contributed by atoms with Gasteiger partial charge in [-0.25, -0.2) is 4.79 Å². The zero-order chi connectivity index (χ0) is 21.7. The SMILES string of the molecule is Cc1cccc(C(C)C)c1NC(=O)COC(=O)c1ccc(N(C)C)c([N+](=O)[O-])c1. The summed E-state index contributed by atoms with van der Waals surface area (Å²) in [7, 11) is 3.34. The Hall–Kier alpha value is -3.42. The molecule has 8 nitrogen and oxygen atoms in total. The van der Waals surface area contributed by atoms with Crippen molar-refractivity contribution >= 4 is 28.9 Å². The summed E-state index contributed by atoms with van der Waals surface area (Å²) >= 11 is 0.